The van der Waals surface area contributed by atoms with Gasteiger partial charge in [0.15, 0.2) is 0 Å². The van der Waals surface area contributed by atoms with E-state index in [1.807, 2.05) is 0 Å². The third-order valence-corrected chi connectivity index (χ3v) is 3.86. The minimum atomic E-state index is -3.88. The maximum atomic E-state index is 11.8. The number of benzene rings is 1. The van der Waals surface area contributed by atoms with Crippen molar-refractivity contribution < 1.29 is 17.6 Å². The van der Waals surface area contributed by atoms with Crippen molar-refractivity contribution in [2.45, 2.75) is 17.7 Å². The summed E-state index contributed by atoms with van der Waals surface area (Å²) in [7, 11) is -3.88. The van der Waals surface area contributed by atoms with Crippen LogP contribution in [0.15, 0.2) is 29.2 Å². The molecule has 0 atom stereocenters. The fourth-order valence-corrected chi connectivity index (χ4v) is 2.66. The smallest absolute Gasteiger partial charge is 0.258 e. The predicted molar refractivity (Wildman–Crippen MR) is 62.2 cm³/mol. The van der Waals surface area contributed by atoms with Crippen LogP contribution in [0.25, 0.3) is 0 Å². The van der Waals surface area contributed by atoms with Gasteiger partial charge in [0.25, 0.3) is 5.69 Å². The van der Waals surface area contributed by atoms with Crippen molar-refractivity contribution in [2.24, 2.45) is 0 Å². The lowest BCUT2D eigenvalue weighted by atomic mass is 10.3. The van der Waals surface area contributed by atoms with Crippen LogP contribution in [0.1, 0.15) is 12.8 Å². The second kappa shape index (κ2) is 5.01. The molecule has 98 valence electrons. The molecule has 1 aromatic carbocycles. The van der Waals surface area contributed by atoms with Gasteiger partial charge in [-0.1, -0.05) is 0 Å². The summed E-state index contributed by atoms with van der Waals surface area (Å²) in [5.41, 5.74) is -0.157. The summed E-state index contributed by atoms with van der Waals surface area (Å²) in [5.74, 6) is 0. The Bertz CT molecular complexity index is 534. The Hall–Kier alpha value is -1.51. The summed E-state index contributed by atoms with van der Waals surface area (Å²) in [6.07, 6.45) is 1.80. The summed E-state index contributed by atoms with van der Waals surface area (Å²) >= 11 is 0. The summed E-state index contributed by atoms with van der Waals surface area (Å²) in [6.45, 7) is 1.15. The molecular weight excluding hydrogens is 260 g/mol. The molecule has 8 heteroatoms. The number of nitro benzene ring substituents is 1. The maximum Gasteiger partial charge on any atom is 0.313 e. The minimum absolute atomic E-state index is 0.0833. The van der Waals surface area contributed by atoms with Crippen molar-refractivity contribution in [3.05, 3.63) is 34.4 Å². The summed E-state index contributed by atoms with van der Waals surface area (Å²) < 4.78 is 28.6. The monoisotopic (exact) mass is 272 g/mol. The van der Waals surface area contributed by atoms with Gasteiger partial charge in [0.05, 0.1) is 9.82 Å². The van der Waals surface area contributed by atoms with Gasteiger partial charge in [-0.2, -0.15) is 17.8 Å². The molecule has 1 aliphatic heterocycles. The Morgan fingerprint density at radius 3 is 2.22 bits per heavy atom. The van der Waals surface area contributed by atoms with Crippen LogP contribution in [0.5, 0.6) is 0 Å². The molecule has 2 rings (SSSR count). The Morgan fingerprint density at radius 2 is 1.72 bits per heavy atom. The lowest BCUT2D eigenvalue weighted by molar-refractivity contribution is -0.384. The van der Waals surface area contributed by atoms with E-state index in [4.69, 9.17) is 4.28 Å². The second-order valence-electron chi connectivity index (χ2n) is 3.92. The van der Waals surface area contributed by atoms with Gasteiger partial charge < -0.3 is 0 Å². The van der Waals surface area contributed by atoms with Crippen molar-refractivity contribution in [1.82, 2.24) is 5.06 Å². The van der Waals surface area contributed by atoms with Gasteiger partial charge in [-0.15, -0.1) is 0 Å². The maximum absolute atomic E-state index is 11.8. The van der Waals surface area contributed by atoms with E-state index in [9.17, 15) is 18.5 Å². The van der Waals surface area contributed by atoms with Crippen LogP contribution in [0, 0.1) is 10.1 Å². The molecule has 0 radical (unpaired) electrons. The average Bonchev–Trinajstić information content (AvgIpc) is 2.81. The SMILES string of the molecule is O=[N+]([O-])c1ccc(S(=O)(=O)ON2CCCC2)cc1. The molecule has 0 aromatic heterocycles. The normalized spacial score (nSPS) is 16.9. The van der Waals surface area contributed by atoms with E-state index in [1.54, 1.807) is 0 Å². The zero-order chi connectivity index (χ0) is 13.2. The molecule has 7 nitrogen and oxygen atoms in total. The molecule has 1 aliphatic rings. The van der Waals surface area contributed by atoms with Crippen molar-refractivity contribution in [2.75, 3.05) is 13.1 Å². The van der Waals surface area contributed by atoms with E-state index in [2.05, 4.69) is 0 Å². The van der Waals surface area contributed by atoms with Crippen molar-refractivity contribution in [3.63, 3.8) is 0 Å². The van der Waals surface area contributed by atoms with Gasteiger partial charge in [0, 0.05) is 25.2 Å². The molecule has 0 saturated carbocycles. The zero-order valence-corrected chi connectivity index (χ0v) is 10.3. The number of nitro groups is 1. The van der Waals surface area contributed by atoms with Crippen LogP contribution in [0.2, 0.25) is 0 Å². The number of non-ortho nitro benzene ring substituents is 1. The highest BCUT2D eigenvalue weighted by molar-refractivity contribution is 7.86. The first-order valence-corrected chi connectivity index (χ1v) is 6.84. The highest BCUT2D eigenvalue weighted by atomic mass is 32.2. The molecule has 0 bridgehead atoms. The number of nitrogens with zero attached hydrogens (tertiary/aromatic N) is 2. The van der Waals surface area contributed by atoms with Gasteiger partial charge in [-0.05, 0) is 25.0 Å². The zero-order valence-electron chi connectivity index (χ0n) is 9.48. The van der Waals surface area contributed by atoms with Crippen LogP contribution < -0.4 is 0 Å². The molecule has 0 aliphatic carbocycles. The Labute approximate surface area is 104 Å². The quantitative estimate of drug-likeness (QED) is 0.606. The van der Waals surface area contributed by atoms with Gasteiger partial charge in [-0.25, -0.2) is 0 Å². The van der Waals surface area contributed by atoms with Gasteiger partial charge in [0.1, 0.15) is 0 Å². The highest BCUT2D eigenvalue weighted by Gasteiger charge is 2.23. The standard InChI is InChI=1S/C10H12N2O5S/c13-12(14)9-3-5-10(6-4-9)18(15,16)17-11-7-1-2-8-11/h3-6H,1-2,7-8H2. The molecule has 0 unspecified atom stereocenters. The van der Waals surface area contributed by atoms with E-state index in [1.165, 1.54) is 17.2 Å². The molecule has 0 spiro atoms. The third-order valence-electron chi connectivity index (χ3n) is 2.60. The van der Waals surface area contributed by atoms with Gasteiger partial charge in [0.2, 0.25) is 0 Å². The number of rotatable bonds is 4. The van der Waals surface area contributed by atoms with E-state index in [-0.39, 0.29) is 10.6 Å². The molecule has 18 heavy (non-hydrogen) atoms. The van der Waals surface area contributed by atoms with E-state index < -0.39 is 15.0 Å². The van der Waals surface area contributed by atoms with Crippen molar-refractivity contribution >= 4 is 15.8 Å². The van der Waals surface area contributed by atoms with Crippen LogP contribution in [0.3, 0.4) is 0 Å². The van der Waals surface area contributed by atoms with Crippen molar-refractivity contribution in [1.29, 1.82) is 0 Å². The van der Waals surface area contributed by atoms with E-state index in [0.717, 1.165) is 25.0 Å². The Kier molecular flexibility index (Phi) is 3.60. The Balaban J connectivity index is 2.16. The highest BCUT2D eigenvalue weighted by Crippen LogP contribution is 2.20. The first-order valence-electron chi connectivity index (χ1n) is 5.43. The molecular formula is C10H12N2O5S. The lowest BCUT2D eigenvalue weighted by Gasteiger charge is -2.13. The summed E-state index contributed by atoms with van der Waals surface area (Å²) in [4.78, 5) is 9.79. The van der Waals surface area contributed by atoms with E-state index in [0.29, 0.717) is 13.1 Å². The Morgan fingerprint density at radius 1 is 1.17 bits per heavy atom. The number of hydroxylamine groups is 2. The van der Waals surface area contributed by atoms with E-state index >= 15 is 0 Å². The molecule has 1 aromatic rings. The van der Waals surface area contributed by atoms with Gasteiger partial charge >= 0.3 is 10.1 Å². The fraction of sp³-hybridized carbons (Fsp3) is 0.400. The predicted octanol–water partition coefficient (Wildman–Crippen LogP) is 1.31. The first kappa shape index (κ1) is 12.9. The van der Waals surface area contributed by atoms with Crippen LogP contribution in [0.4, 0.5) is 5.69 Å². The molecule has 1 saturated heterocycles. The fourth-order valence-electron chi connectivity index (χ4n) is 1.68. The average molecular weight is 272 g/mol. The van der Waals surface area contributed by atoms with Gasteiger partial charge in [-0.3, -0.25) is 10.1 Å². The lowest BCUT2D eigenvalue weighted by Crippen LogP contribution is -2.24. The van der Waals surface area contributed by atoms with Crippen LogP contribution in [-0.2, 0) is 14.4 Å². The van der Waals surface area contributed by atoms with Crippen LogP contribution in [-0.4, -0.2) is 31.5 Å². The minimum Gasteiger partial charge on any atom is -0.258 e. The first-order chi connectivity index (χ1) is 8.49. The molecule has 0 amide bonds. The summed E-state index contributed by atoms with van der Waals surface area (Å²) in [6, 6.07) is 4.62. The molecule has 1 heterocycles. The number of hydrogen-bond donors (Lipinski definition) is 0. The topological polar surface area (TPSA) is 89.8 Å². The second-order valence-corrected chi connectivity index (χ2v) is 5.44. The van der Waals surface area contributed by atoms with Crippen LogP contribution >= 0.6 is 0 Å². The molecule has 1 fully saturated rings. The largest absolute Gasteiger partial charge is 0.313 e. The van der Waals surface area contributed by atoms with Crippen molar-refractivity contribution in [3.8, 4) is 0 Å². The molecule has 0 N–H and O–H groups in total. The summed E-state index contributed by atoms with van der Waals surface area (Å²) in [5, 5.41) is 11.8. The third kappa shape index (κ3) is 2.84. The number of hydrogen-bond acceptors (Lipinski definition) is 6.